The zero-order chi connectivity index (χ0) is 13.2. The first kappa shape index (κ1) is 13.1. The topological polar surface area (TPSA) is 77.2 Å². The van der Waals surface area contributed by atoms with E-state index < -0.39 is 0 Å². The number of pyridine rings is 1. The Kier molecular flexibility index (Phi) is 3.73. The first-order chi connectivity index (χ1) is 8.50. The van der Waals surface area contributed by atoms with Crippen molar-refractivity contribution >= 4 is 23.3 Å². The zero-order valence-corrected chi connectivity index (χ0v) is 11.0. The van der Waals surface area contributed by atoms with E-state index in [0.717, 1.165) is 19.4 Å². The number of nitrogens with one attached hydrogen (secondary N) is 1. The number of nitrogens with zero attached hydrogens (tertiary/aromatic N) is 1. The second kappa shape index (κ2) is 5.12. The second-order valence-corrected chi connectivity index (χ2v) is 5.17. The molecule has 3 N–H and O–H groups in total. The molecule has 0 saturated carbocycles. The van der Waals surface area contributed by atoms with Crippen LogP contribution in [0, 0.1) is 0 Å². The third kappa shape index (κ3) is 2.91. The van der Waals surface area contributed by atoms with Crippen LogP contribution in [0.15, 0.2) is 12.3 Å². The number of hydrogen-bond donors (Lipinski definition) is 2. The van der Waals surface area contributed by atoms with Crippen LogP contribution < -0.4 is 11.1 Å². The average Bonchev–Trinajstić information content (AvgIpc) is 2.33. The van der Waals surface area contributed by atoms with E-state index in [1.54, 1.807) is 0 Å². The molecule has 1 aliphatic heterocycles. The quantitative estimate of drug-likeness (QED) is 0.855. The van der Waals surface area contributed by atoms with Gasteiger partial charge in [0.15, 0.2) is 0 Å². The van der Waals surface area contributed by atoms with Gasteiger partial charge in [-0.1, -0.05) is 11.6 Å². The monoisotopic (exact) mass is 269 g/mol. The molecule has 1 saturated heterocycles. The maximum atomic E-state index is 12.1. The second-order valence-electron chi connectivity index (χ2n) is 4.76. The fourth-order valence-electron chi connectivity index (χ4n) is 1.95. The molecule has 18 heavy (non-hydrogen) atoms. The highest BCUT2D eigenvalue weighted by Crippen LogP contribution is 2.20. The van der Waals surface area contributed by atoms with E-state index in [0.29, 0.717) is 12.2 Å². The van der Waals surface area contributed by atoms with Crippen molar-refractivity contribution in [3.05, 3.63) is 22.8 Å². The van der Waals surface area contributed by atoms with E-state index in [-0.39, 0.29) is 22.3 Å². The summed E-state index contributed by atoms with van der Waals surface area (Å²) < 4.78 is 5.39. The Balaban J connectivity index is 2.09. The van der Waals surface area contributed by atoms with Gasteiger partial charge in [0.05, 0.1) is 22.7 Å². The molecular weight excluding hydrogens is 254 g/mol. The van der Waals surface area contributed by atoms with Crippen LogP contribution in [-0.4, -0.2) is 29.6 Å². The Labute approximate surface area is 111 Å². The van der Waals surface area contributed by atoms with Crippen molar-refractivity contribution in [1.82, 2.24) is 10.3 Å². The summed E-state index contributed by atoms with van der Waals surface area (Å²) in [6, 6.07) is 1.52. The Bertz CT molecular complexity index is 459. The van der Waals surface area contributed by atoms with E-state index in [2.05, 4.69) is 10.3 Å². The molecule has 2 heterocycles. The van der Waals surface area contributed by atoms with Crippen molar-refractivity contribution in [3.8, 4) is 0 Å². The van der Waals surface area contributed by atoms with Gasteiger partial charge in [0.1, 0.15) is 5.82 Å². The summed E-state index contributed by atoms with van der Waals surface area (Å²) in [5.74, 6) is 0.0119. The summed E-state index contributed by atoms with van der Waals surface area (Å²) in [7, 11) is 0. The molecule has 0 bridgehead atoms. The van der Waals surface area contributed by atoms with Crippen LogP contribution in [0.25, 0.3) is 0 Å². The molecule has 1 fully saturated rings. The smallest absolute Gasteiger partial charge is 0.253 e. The molecule has 1 amide bonds. The maximum absolute atomic E-state index is 12.1. The van der Waals surface area contributed by atoms with Crippen molar-refractivity contribution in [1.29, 1.82) is 0 Å². The highest BCUT2D eigenvalue weighted by atomic mass is 35.5. The van der Waals surface area contributed by atoms with Crippen molar-refractivity contribution in [2.75, 3.05) is 18.9 Å². The van der Waals surface area contributed by atoms with Gasteiger partial charge < -0.3 is 15.8 Å². The van der Waals surface area contributed by atoms with E-state index in [4.69, 9.17) is 22.1 Å². The summed E-state index contributed by atoms with van der Waals surface area (Å²) in [6.45, 7) is 3.24. The lowest BCUT2D eigenvalue weighted by Gasteiger charge is -2.34. The summed E-state index contributed by atoms with van der Waals surface area (Å²) >= 11 is 5.84. The summed E-state index contributed by atoms with van der Waals surface area (Å²) in [6.07, 6.45) is 3.26. The number of amides is 1. The van der Waals surface area contributed by atoms with Crippen LogP contribution in [-0.2, 0) is 4.74 Å². The lowest BCUT2D eigenvalue weighted by Crippen LogP contribution is -2.51. The standard InChI is InChI=1S/C12H16ClN3O2/c1-12(3-2-4-18-7-12)16-11(17)8-5-9(13)10(14)15-6-8/h5-6H,2-4,7H2,1H3,(H2,14,15)(H,16,17). The molecule has 1 atom stereocenters. The van der Waals surface area contributed by atoms with Gasteiger partial charge >= 0.3 is 0 Å². The number of hydrogen-bond acceptors (Lipinski definition) is 4. The Morgan fingerprint density at radius 2 is 2.44 bits per heavy atom. The lowest BCUT2D eigenvalue weighted by molar-refractivity contribution is 0.0272. The Morgan fingerprint density at radius 1 is 1.67 bits per heavy atom. The third-order valence-electron chi connectivity index (χ3n) is 2.98. The molecule has 1 unspecified atom stereocenters. The van der Waals surface area contributed by atoms with E-state index in [9.17, 15) is 4.79 Å². The minimum atomic E-state index is -0.330. The van der Waals surface area contributed by atoms with Gasteiger partial charge in [0.2, 0.25) is 0 Å². The molecule has 5 nitrogen and oxygen atoms in total. The van der Waals surface area contributed by atoms with Crippen molar-refractivity contribution in [2.45, 2.75) is 25.3 Å². The Hall–Kier alpha value is -1.33. The summed E-state index contributed by atoms with van der Waals surface area (Å²) in [5, 5.41) is 3.24. The van der Waals surface area contributed by atoms with Gasteiger partial charge in [-0.3, -0.25) is 4.79 Å². The van der Waals surface area contributed by atoms with Gasteiger partial charge in [0.25, 0.3) is 5.91 Å². The number of carbonyl (C=O) groups is 1. The number of ether oxygens (including phenoxy) is 1. The number of rotatable bonds is 2. The van der Waals surface area contributed by atoms with Crippen molar-refractivity contribution in [2.24, 2.45) is 0 Å². The number of aromatic nitrogens is 1. The fourth-order valence-corrected chi connectivity index (χ4v) is 2.12. The zero-order valence-electron chi connectivity index (χ0n) is 10.2. The number of anilines is 1. The molecule has 2 rings (SSSR count). The highest BCUT2D eigenvalue weighted by molar-refractivity contribution is 6.33. The molecule has 1 aromatic rings. The van der Waals surface area contributed by atoms with Crippen LogP contribution in [0.5, 0.6) is 0 Å². The summed E-state index contributed by atoms with van der Waals surface area (Å²) in [5.41, 5.74) is 5.58. The molecule has 6 heteroatoms. The third-order valence-corrected chi connectivity index (χ3v) is 3.29. The number of halogens is 1. The number of nitrogen functional groups attached to an aromatic ring is 1. The van der Waals surface area contributed by atoms with Crippen molar-refractivity contribution in [3.63, 3.8) is 0 Å². The van der Waals surface area contributed by atoms with E-state index in [1.807, 2.05) is 6.92 Å². The number of carbonyl (C=O) groups excluding carboxylic acids is 1. The van der Waals surface area contributed by atoms with E-state index in [1.165, 1.54) is 12.3 Å². The van der Waals surface area contributed by atoms with Crippen LogP contribution >= 0.6 is 11.6 Å². The Morgan fingerprint density at radius 3 is 3.06 bits per heavy atom. The van der Waals surface area contributed by atoms with Crippen LogP contribution in [0.4, 0.5) is 5.82 Å². The van der Waals surface area contributed by atoms with Crippen LogP contribution in [0.1, 0.15) is 30.1 Å². The van der Waals surface area contributed by atoms with Gasteiger partial charge in [-0.05, 0) is 25.8 Å². The van der Waals surface area contributed by atoms with Crippen molar-refractivity contribution < 1.29 is 9.53 Å². The molecule has 0 aliphatic carbocycles. The molecular formula is C12H16ClN3O2. The predicted molar refractivity (Wildman–Crippen MR) is 69.6 cm³/mol. The largest absolute Gasteiger partial charge is 0.382 e. The van der Waals surface area contributed by atoms with Crippen LogP contribution in [0.3, 0.4) is 0 Å². The first-order valence-corrected chi connectivity index (χ1v) is 6.19. The average molecular weight is 270 g/mol. The van der Waals surface area contributed by atoms with Gasteiger partial charge in [0, 0.05) is 12.8 Å². The molecule has 0 radical (unpaired) electrons. The van der Waals surface area contributed by atoms with Gasteiger partial charge in [-0.2, -0.15) is 0 Å². The van der Waals surface area contributed by atoms with E-state index >= 15 is 0 Å². The van der Waals surface area contributed by atoms with Gasteiger partial charge in [-0.25, -0.2) is 4.98 Å². The molecule has 98 valence electrons. The minimum Gasteiger partial charge on any atom is -0.382 e. The lowest BCUT2D eigenvalue weighted by atomic mass is 9.94. The maximum Gasteiger partial charge on any atom is 0.253 e. The normalized spacial score (nSPS) is 23.7. The highest BCUT2D eigenvalue weighted by Gasteiger charge is 2.29. The SMILES string of the molecule is CC1(NC(=O)c2cnc(N)c(Cl)c2)CCCOC1. The first-order valence-electron chi connectivity index (χ1n) is 5.81. The molecule has 1 aromatic heterocycles. The molecule has 0 spiro atoms. The minimum absolute atomic E-state index is 0.211. The molecule has 1 aliphatic rings. The van der Waals surface area contributed by atoms with Gasteiger partial charge in [-0.15, -0.1) is 0 Å². The number of nitrogens with two attached hydrogens (primary N) is 1. The fraction of sp³-hybridized carbons (Fsp3) is 0.500. The summed E-state index contributed by atoms with van der Waals surface area (Å²) in [4.78, 5) is 15.9. The van der Waals surface area contributed by atoms with Crippen LogP contribution in [0.2, 0.25) is 5.02 Å². The molecule has 0 aromatic carbocycles. The predicted octanol–water partition coefficient (Wildman–Crippen LogP) is 1.62.